The molecule has 1 atom stereocenters. The zero-order valence-corrected chi connectivity index (χ0v) is 11.3. The van der Waals surface area contributed by atoms with E-state index in [4.69, 9.17) is 0 Å². The van der Waals surface area contributed by atoms with Crippen LogP contribution >= 0.6 is 0 Å². The lowest BCUT2D eigenvalue weighted by Crippen LogP contribution is -2.28. The summed E-state index contributed by atoms with van der Waals surface area (Å²) in [6.45, 7) is 5.84. The van der Waals surface area contributed by atoms with Gasteiger partial charge in [0.25, 0.3) is 0 Å². The number of aromatic nitrogens is 2. The molecule has 0 radical (unpaired) electrons. The van der Waals surface area contributed by atoms with Gasteiger partial charge in [0.15, 0.2) is 0 Å². The molecule has 96 valence electrons. The highest BCUT2D eigenvalue weighted by molar-refractivity contribution is 4.92. The van der Waals surface area contributed by atoms with Crippen LogP contribution in [-0.2, 0) is 13.5 Å². The minimum atomic E-state index is 0.751. The average molecular weight is 235 g/mol. The van der Waals surface area contributed by atoms with Gasteiger partial charge in [-0.2, -0.15) is 0 Å². The fraction of sp³-hybridized carbons (Fsp3) is 0.786. The molecule has 0 amide bonds. The van der Waals surface area contributed by atoms with Gasteiger partial charge in [-0.1, -0.05) is 13.8 Å². The fourth-order valence-electron chi connectivity index (χ4n) is 2.23. The van der Waals surface area contributed by atoms with Gasteiger partial charge in [0, 0.05) is 31.9 Å². The number of aryl methyl sites for hydroxylation is 2. The first kappa shape index (κ1) is 12.6. The van der Waals surface area contributed by atoms with Crippen LogP contribution in [0.4, 0.5) is 0 Å². The molecule has 0 aliphatic heterocycles. The SMILES string of the molecule is CC(C)C(CCc1nccn1C)CNC1CC1. The molecular formula is C14H25N3. The predicted molar refractivity (Wildman–Crippen MR) is 70.9 cm³/mol. The number of hydrogen-bond acceptors (Lipinski definition) is 2. The van der Waals surface area contributed by atoms with Crippen molar-refractivity contribution in [3.63, 3.8) is 0 Å². The number of nitrogens with zero attached hydrogens (tertiary/aromatic N) is 2. The van der Waals surface area contributed by atoms with Crippen molar-refractivity contribution in [3.8, 4) is 0 Å². The Morgan fingerprint density at radius 2 is 2.24 bits per heavy atom. The first-order valence-corrected chi connectivity index (χ1v) is 6.86. The van der Waals surface area contributed by atoms with Gasteiger partial charge in [0.1, 0.15) is 5.82 Å². The second kappa shape index (κ2) is 5.67. The molecule has 3 heteroatoms. The van der Waals surface area contributed by atoms with Gasteiger partial charge >= 0.3 is 0 Å². The van der Waals surface area contributed by atoms with Crippen molar-refractivity contribution >= 4 is 0 Å². The second-order valence-electron chi connectivity index (χ2n) is 5.68. The van der Waals surface area contributed by atoms with Gasteiger partial charge in [0.2, 0.25) is 0 Å². The maximum Gasteiger partial charge on any atom is 0.108 e. The molecule has 0 aromatic carbocycles. The van der Waals surface area contributed by atoms with Crippen molar-refractivity contribution in [1.82, 2.24) is 14.9 Å². The molecule has 1 fully saturated rings. The third-order valence-corrected chi connectivity index (χ3v) is 3.85. The van der Waals surface area contributed by atoms with Crippen LogP contribution in [0.25, 0.3) is 0 Å². The van der Waals surface area contributed by atoms with Crippen LogP contribution in [0, 0.1) is 11.8 Å². The Bertz CT molecular complexity index is 339. The Kier molecular flexibility index (Phi) is 4.21. The summed E-state index contributed by atoms with van der Waals surface area (Å²) < 4.78 is 2.13. The smallest absolute Gasteiger partial charge is 0.108 e. The molecule has 17 heavy (non-hydrogen) atoms. The van der Waals surface area contributed by atoms with E-state index in [9.17, 15) is 0 Å². The van der Waals surface area contributed by atoms with Crippen molar-refractivity contribution in [1.29, 1.82) is 0 Å². The van der Waals surface area contributed by atoms with Gasteiger partial charge in [0.05, 0.1) is 0 Å². The Hall–Kier alpha value is -0.830. The molecule has 1 aliphatic carbocycles. The zero-order valence-electron chi connectivity index (χ0n) is 11.3. The monoisotopic (exact) mass is 235 g/mol. The molecule has 1 saturated carbocycles. The largest absolute Gasteiger partial charge is 0.338 e. The van der Waals surface area contributed by atoms with Crippen LogP contribution in [0.15, 0.2) is 12.4 Å². The van der Waals surface area contributed by atoms with Gasteiger partial charge in [-0.15, -0.1) is 0 Å². The zero-order chi connectivity index (χ0) is 12.3. The molecule has 1 aromatic rings. The third kappa shape index (κ3) is 3.84. The molecule has 0 saturated heterocycles. The molecule has 0 bridgehead atoms. The minimum absolute atomic E-state index is 0.751. The maximum atomic E-state index is 4.40. The van der Waals surface area contributed by atoms with E-state index in [2.05, 4.69) is 35.8 Å². The molecule has 3 nitrogen and oxygen atoms in total. The molecule has 0 spiro atoms. The molecule has 2 rings (SSSR count). The summed E-state index contributed by atoms with van der Waals surface area (Å²) >= 11 is 0. The van der Waals surface area contributed by atoms with Gasteiger partial charge in [-0.3, -0.25) is 0 Å². The highest BCUT2D eigenvalue weighted by Crippen LogP contribution is 2.22. The highest BCUT2D eigenvalue weighted by atomic mass is 15.0. The second-order valence-corrected chi connectivity index (χ2v) is 5.68. The van der Waals surface area contributed by atoms with Gasteiger partial charge in [-0.05, 0) is 37.6 Å². The van der Waals surface area contributed by atoms with Crippen LogP contribution in [0.5, 0.6) is 0 Å². The van der Waals surface area contributed by atoms with Crippen LogP contribution < -0.4 is 5.32 Å². The first-order valence-electron chi connectivity index (χ1n) is 6.86. The summed E-state index contributed by atoms with van der Waals surface area (Å²) in [5.41, 5.74) is 0. The lowest BCUT2D eigenvalue weighted by Gasteiger charge is -2.21. The van der Waals surface area contributed by atoms with Gasteiger partial charge < -0.3 is 9.88 Å². The van der Waals surface area contributed by atoms with Crippen LogP contribution in [0.3, 0.4) is 0 Å². The number of nitrogens with one attached hydrogen (secondary N) is 1. The van der Waals surface area contributed by atoms with E-state index < -0.39 is 0 Å². The van der Waals surface area contributed by atoms with Crippen molar-refractivity contribution < 1.29 is 0 Å². The van der Waals surface area contributed by atoms with Crippen LogP contribution in [0.1, 0.15) is 38.9 Å². The third-order valence-electron chi connectivity index (χ3n) is 3.85. The van der Waals surface area contributed by atoms with E-state index in [0.29, 0.717) is 0 Å². The van der Waals surface area contributed by atoms with E-state index in [1.807, 2.05) is 12.4 Å². The normalized spacial score (nSPS) is 17.6. The molecule has 1 N–H and O–H groups in total. The lowest BCUT2D eigenvalue weighted by atomic mass is 9.91. The minimum Gasteiger partial charge on any atom is -0.338 e. The van der Waals surface area contributed by atoms with E-state index in [1.54, 1.807) is 0 Å². The fourth-order valence-corrected chi connectivity index (χ4v) is 2.23. The van der Waals surface area contributed by atoms with E-state index in [0.717, 1.165) is 24.3 Å². The Morgan fingerprint density at radius 3 is 2.76 bits per heavy atom. The summed E-state index contributed by atoms with van der Waals surface area (Å²) in [7, 11) is 2.08. The summed E-state index contributed by atoms with van der Waals surface area (Å²) in [6, 6.07) is 0.824. The van der Waals surface area contributed by atoms with E-state index in [1.165, 1.54) is 31.6 Å². The van der Waals surface area contributed by atoms with Crippen molar-refractivity contribution in [2.75, 3.05) is 6.54 Å². The van der Waals surface area contributed by atoms with E-state index >= 15 is 0 Å². The first-order chi connectivity index (χ1) is 8.16. The highest BCUT2D eigenvalue weighted by Gasteiger charge is 2.23. The standard InChI is InChI=1S/C14H25N3/c1-11(2)12(10-16-13-5-6-13)4-7-14-15-8-9-17(14)3/h8-9,11-13,16H,4-7,10H2,1-3H3. The van der Waals surface area contributed by atoms with Crippen LogP contribution in [-0.4, -0.2) is 22.1 Å². The van der Waals surface area contributed by atoms with Crippen LogP contribution in [0.2, 0.25) is 0 Å². The summed E-state index contributed by atoms with van der Waals surface area (Å²) in [4.78, 5) is 4.40. The summed E-state index contributed by atoms with van der Waals surface area (Å²) in [5.74, 6) is 2.73. The molecular weight excluding hydrogens is 210 g/mol. The Balaban J connectivity index is 1.78. The van der Waals surface area contributed by atoms with Gasteiger partial charge in [-0.25, -0.2) is 4.98 Å². The molecule has 1 aromatic heterocycles. The summed E-state index contributed by atoms with van der Waals surface area (Å²) in [5, 5.41) is 3.66. The number of rotatable bonds is 7. The number of hydrogen-bond donors (Lipinski definition) is 1. The quantitative estimate of drug-likeness (QED) is 0.786. The van der Waals surface area contributed by atoms with Crippen molar-refractivity contribution in [2.45, 2.75) is 45.6 Å². The molecule has 1 unspecified atom stereocenters. The molecule has 1 heterocycles. The topological polar surface area (TPSA) is 29.9 Å². The summed E-state index contributed by atoms with van der Waals surface area (Å²) in [6.07, 6.45) is 9.01. The predicted octanol–water partition coefficient (Wildman–Crippen LogP) is 2.38. The average Bonchev–Trinajstić information content (AvgIpc) is 3.02. The lowest BCUT2D eigenvalue weighted by molar-refractivity contribution is 0.337. The van der Waals surface area contributed by atoms with Crippen molar-refractivity contribution in [3.05, 3.63) is 18.2 Å². The Morgan fingerprint density at radius 1 is 1.47 bits per heavy atom. The van der Waals surface area contributed by atoms with Crippen molar-refractivity contribution in [2.24, 2.45) is 18.9 Å². The maximum absolute atomic E-state index is 4.40. The Labute approximate surface area is 105 Å². The molecule has 1 aliphatic rings. The van der Waals surface area contributed by atoms with E-state index in [-0.39, 0.29) is 0 Å². The number of imidazole rings is 1.